The van der Waals surface area contributed by atoms with Gasteiger partial charge in [0.05, 0.1) is 11.1 Å². The molecule has 118 valence electrons. The van der Waals surface area contributed by atoms with Crippen LogP contribution in [0.4, 0.5) is 5.69 Å². The van der Waals surface area contributed by atoms with Crippen molar-refractivity contribution in [1.29, 1.82) is 0 Å². The number of halogens is 2. The van der Waals surface area contributed by atoms with Gasteiger partial charge in [-0.25, -0.2) is 0 Å². The maximum Gasteiger partial charge on any atom is 0.230 e. The van der Waals surface area contributed by atoms with Crippen LogP contribution >= 0.6 is 27.5 Å². The zero-order valence-electron chi connectivity index (χ0n) is 12.8. The van der Waals surface area contributed by atoms with Gasteiger partial charge in [0.15, 0.2) is 0 Å². The number of nitrogens with one attached hydrogen (secondary N) is 1. The van der Waals surface area contributed by atoms with Gasteiger partial charge in [-0.15, -0.1) is 11.6 Å². The number of aryl methyl sites for hydroxylation is 1. The highest BCUT2D eigenvalue weighted by atomic mass is 79.9. The van der Waals surface area contributed by atoms with Crippen molar-refractivity contribution < 1.29 is 4.79 Å². The zero-order chi connectivity index (χ0) is 15.5. The van der Waals surface area contributed by atoms with Gasteiger partial charge in [-0.05, 0) is 90.9 Å². The van der Waals surface area contributed by atoms with Gasteiger partial charge >= 0.3 is 0 Å². The molecule has 0 aromatic heterocycles. The van der Waals surface area contributed by atoms with E-state index in [2.05, 4.69) is 21.2 Å². The predicted molar refractivity (Wildman–Crippen MR) is 93.2 cm³/mol. The molecule has 4 aliphatic carbocycles. The summed E-state index contributed by atoms with van der Waals surface area (Å²) >= 11 is 10.4. The number of alkyl halides is 1. The van der Waals surface area contributed by atoms with Gasteiger partial charge in [-0.2, -0.15) is 0 Å². The second-order valence-electron chi connectivity index (χ2n) is 7.83. The quantitative estimate of drug-likeness (QED) is 0.693. The molecule has 0 aliphatic heterocycles. The number of carbonyl (C=O) groups is 1. The third kappa shape index (κ3) is 2.41. The number of hydrogen-bond donors (Lipinski definition) is 1. The number of anilines is 1. The molecule has 4 fully saturated rings. The van der Waals surface area contributed by atoms with Crippen molar-refractivity contribution in [3.8, 4) is 0 Å². The summed E-state index contributed by atoms with van der Waals surface area (Å²) in [5.41, 5.74) is 1.81. The van der Waals surface area contributed by atoms with E-state index in [-0.39, 0.29) is 16.2 Å². The average Bonchev–Trinajstić information content (AvgIpc) is 2.39. The number of amides is 1. The third-order valence-corrected chi connectivity index (χ3v) is 6.94. The fourth-order valence-electron chi connectivity index (χ4n) is 5.39. The van der Waals surface area contributed by atoms with Crippen LogP contribution in [0.15, 0.2) is 22.7 Å². The number of rotatable bonds is 2. The molecule has 4 atom stereocenters. The second kappa shape index (κ2) is 4.98. The third-order valence-electron chi connectivity index (χ3n) is 5.84. The summed E-state index contributed by atoms with van der Waals surface area (Å²) < 4.78 is 0.950. The van der Waals surface area contributed by atoms with Crippen molar-refractivity contribution in [2.45, 2.75) is 50.3 Å². The Labute approximate surface area is 145 Å². The summed E-state index contributed by atoms with van der Waals surface area (Å²) in [6.07, 6.45) is 6.38. The molecule has 2 unspecified atom stereocenters. The molecule has 0 radical (unpaired) electrons. The molecule has 0 heterocycles. The Hall–Kier alpha value is -0.540. The number of hydrogen-bond acceptors (Lipinski definition) is 1. The lowest BCUT2D eigenvalue weighted by atomic mass is 9.49. The molecule has 4 heteroatoms. The highest BCUT2D eigenvalue weighted by Gasteiger charge is 2.60. The first-order valence-electron chi connectivity index (χ1n) is 8.14. The minimum absolute atomic E-state index is 0.119. The Morgan fingerprint density at radius 1 is 1.27 bits per heavy atom. The molecule has 1 N–H and O–H groups in total. The fraction of sp³-hybridized carbons (Fsp3) is 0.611. The van der Waals surface area contributed by atoms with Crippen molar-refractivity contribution in [3.05, 3.63) is 28.2 Å². The highest BCUT2D eigenvalue weighted by molar-refractivity contribution is 9.10. The van der Waals surface area contributed by atoms with E-state index in [1.165, 1.54) is 12.0 Å². The van der Waals surface area contributed by atoms with E-state index < -0.39 is 0 Å². The molecule has 4 aliphatic rings. The Morgan fingerprint density at radius 3 is 2.55 bits per heavy atom. The maximum absolute atomic E-state index is 13.1. The monoisotopic (exact) mass is 381 g/mol. The van der Waals surface area contributed by atoms with Crippen molar-refractivity contribution in [2.75, 3.05) is 5.32 Å². The molecular formula is C18H21BrClNO. The van der Waals surface area contributed by atoms with E-state index in [1.54, 1.807) is 0 Å². The number of carbonyl (C=O) groups excluding carboxylic acids is 1. The summed E-state index contributed by atoms with van der Waals surface area (Å²) in [7, 11) is 0. The van der Waals surface area contributed by atoms with Crippen LogP contribution in [-0.4, -0.2) is 10.8 Å². The van der Waals surface area contributed by atoms with E-state index in [0.717, 1.165) is 42.3 Å². The molecule has 0 saturated heterocycles. The SMILES string of the molecule is Cc1ccc(NC(=O)C23C[C@@H]4C[C@@H](CC(Cl)(C4)C2)C3)c(Br)c1. The standard InChI is InChI=1S/C18H21BrClNO/c1-11-2-3-15(14(19)4-11)21-16(22)17-6-12-5-13(7-17)9-18(20,8-12)10-17/h2-4,12-13H,5-10H2,1H3,(H,21,22)/t12-,13+,17?,18?. The molecule has 1 amide bonds. The van der Waals surface area contributed by atoms with E-state index >= 15 is 0 Å². The lowest BCUT2D eigenvalue weighted by Gasteiger charge is -2.59. The first-order valence-corrected chi connectivity index (χ1v) is 9.31. The largest absolute Gasteiger partial charge is 0.325 e. The van der Waals surface area contributed by atoms with Crippen LogP contribution in [0.2, 0.25) is 0 Å². The normalized spacial score (nSPS) is 39.0. The van der Waals surface area contributed by atoms with Gasteiger partial charge in [-0.1, -0.05) is 6.07 Å². The van der Waals surface area contributed by atoms with Crippen LogP contribution in [0, 0.1) is 24.2 Å². The van der Waals surface area contributed by atoms with Crippen molar-refractivity contribution >= 4 is 39.1 Å². The number of benzene rings is 1. The van der Waals surface area contributed by atoms with Crippen molar-refractivity contribution in [2.24, 2.45) is 17.3 Å². The van der Waals surface area contributed by atoms with E-state index in [9.17, 15) is 4.79 Å². The van der Waals surface area contributed by atoms with Gasteiger partial charge in [0.2, 0.25) is 5.91 Å². The van der Waals surface area contributed by atoms with E-state index in [0.29, 0.717) is 11.8 Å². The zero-order valence-corrected chi connectivity index (χ0v) is 15.1. The summed E-state index contributed by atoms with van der Waals surface area (Å²) in [6.45, 7) is 2.05. The fourth-order valence-corrected chi connectivity index (χ4v) is 6.68. The van der Waals surface area contributed by atoms with E-state index in [1.807, 2.05) is 25.1 Å². The van der Waals surface area contributed by atoms with E-state index in [4.69, 9.17) is 11.6 Å². The van der Waals surface area contributed by atoms with Crippen molar-refractivity contribution in [3.63, 3.8) is 0 Å². The Bertz CT molecular complexity index is 630. The predicted octanol–water partition coefficient (Wildman–Crippen LogP) is 5.27. The molecule has 1 aromatic carbocycles. The Morgan fingerprint density at radius 2 is 1.95 bits per heavy atom. The molecular weight excluding hydrogens is 362 g/mol. The van der Waals surface area contributed by atoms with Crippen LogP contribution in [0.3, 0.4) is 0 Å². The van der Waals surface area contributed by atoms with Gasteiger partial charge in [-0.3, -0.25) is 4.79 Å². The van der Waals surface area contributed by atoms with Gasteiger partial charge in [0.25, 0.3) is 0 Å². The van der Waals surface area contributed by atoms with Gasteiger partial charge < -0.3 is 5.32 Å². The lowest BCUT2D eigenvalue weighted by molar-refractivity contribution is -0.138. The minimum atomic E-state index is -0.240. The first kappa shape index (κ1) is 15.0. The van der Waals surface area contributed by atoms with Crippen LogP contribution in [-0.2, 0) is 4.79 Å². The van der Waals surface area contributed by atoms with Crippen LogP contribution in [0.25, 0.3) is 0 Å². The molecule has 4 saturated carbocycles. The smallest absolute Gasteiger partial charge is 0.230 e. The first-order chi connectivity index (χ1) is 10.4. The summed E-state index contributed by atoms with van der Waals surface area (Å²) in [5, 5.41) is 3.17. The van der Waals surface area contributed by atoms with Gasteiger partial charge in [0.1, 0.15) is 0 Å². The summed E-state index contributed by atoms with van der Waals surface area (Å²) in [6, 6.07) is 6.05. The van der Waals surface area contributed by atoms with Gasteiger partial charge in [0, 0.05) is 9.35 Å². The summed E-state index contributed by atoms with van der Waals surface area (Å²) in [5.74, 6) is 1.47. The average molecular weight is 383 g/mol. The van der Waals surface area contributed by atoms with Crippen LogP contribution in [0.5, 0.6) is 0 Å². The summed E-state index contributed by atoms with van der Waals surface area (Å²) in [4.78, 5) is 12.9. The molecule has 0 spiro atoms. The topological polar surface area (TPSA) is 29.1 Å². The van der Waals surface area contributed by atoms with Crippen LogP contribution < -0.4 is 5.32 Å². The molecule has 2 nitrogen and oxygen atoms in total. The Balaban J connectivity index is 1.60. The minimum Gasteiger partial charge on any atom is -0.325 e. The molecule has 5 rings (SSSR count). The molecule has 4 bridgehead atoms. The molecule has 22 heavy (non-hydrogen) atoms. The molecule has 1 aromatic rings. The highest BCUT2D eigenvalue weighted by Crippen LogP contribution is 2.64. The second-order valence-corrected chi connectivity index (χ2v) is 9.49. The van der Waals surface area contributed by atoms with Crippen molar-refractivity contribution in [1.82, 2.24) is 0 Å². The Kier molecular flexibility index (Phi) is 3.40. The lowest BCUT2D eigenvalue weighted by Crippen LogP contribution is -2.57. The maximum atomic E-state index is 13.1. The van der Waals surface area contributed by atoms with Crippen LogP contribution in [0.1, 0.15) is 44.1 Å².